The summed E-state index contributed by atoms with van der Waals surface area (Å²) in [5.41, 5.74) is 0.419. The Balaban J connectivity index is 1.98. The van der Waals surface area contributed by atoms with Crippen molar-refractivity contribution in [3.05, 3.63) is 59.7 Å². The van der Waals surface area contributed by atoms with Gasteiger partial charge in [-0.25, -0.2) is 4.79 Å². The zero-order valence-corrected chi connectivity index (χ0v) is 17.7. The number of ether oxygens (including phenoxy) is 3. The second-order valence-electron chi connectivity index (χ2n) is 6.23. The van der Waals surface area contributed by atoms with E-state index >= 15 is 0 Å². The maximum absolute atomic E-state index is 12.7. The van der Waals surface area contributed by atoms with Crippen LogP contribution in [0.2, 0.25) is 0 Å². The Kier molecular flexibility index (Phi) is 6.79. The van der Waals surface area contributed by atoms with Crippen LogP contribution in [0.3, 0.4) is 0 Å². The Morgan fingerprint density at radius 1 is 0.967 bits per heavy atom. The minimum atomic E-state index is -0.878. The Morgan fingerprint density at radius 2 is 1.67 bits per heavy atom. The van der Waals surface area contributed by atoms with Gasteiger partial charge in [-0.05, 0) is 30.3 Å². The van der Waals surface area contributed by atoms with Crippen LogP contribution < -0.4 is 9.47 Å². The maximum atomic E-state index is 12.7. The number of esters is 1. The second kappa shape index (κ2) is 9.49. The highest BCUT2D eigenvalue weighted by molar-refractivity contribution is 7.99. The Hall–Kier alpha value is -3.26. The number of methoxy groups -OCH3 is 3. The number of rotatable bonds is 8. The molecule has 0 radical (unpaired) electrons. The van der Waals surface area contributed by atoms with Crippen molar-refractivity contribution < 1.29 is 28.6 Å². The molecule has 0 saturated carbocycles. The van der Waals surface area contributed by atoms with E-state index < -0.39 is 17.7 Å². The first-order valence-corrected chi connectivity index (χ1v) is 10.1. The first kappa shape index (κ1) is 21.4. The molecule has 1 aliphatic rings. The van der Waals surface area contributed by atoms with Gasteiger partial charge in [0.15, 0.2) is 11.5 Å². The average Bonchev–Trinajstić information content (AvgIpc) is 3.03. The first-order chi connectivity index (χ1) is 14.5. The number of benzene rings is 2. The van der Waals surface area contributed by atoms with Crippen molar-refractivity contribution in [1.82, 2.24) is 4.90 Å². The van der Waals surface area contributed by atoms with Crippen molar-refractivity contribution in [2.75, 3.05) is 33.6 Å². The van der Waals surface area contributed by atoms with E-state index in [1.165, 1.54) is 26.2 Å². The molecule has 1 heterocycles. The van der Waals surface area contributed by atoms with Gasteiger partial charge in [0, 0.05) is 22.8 Å². The van der Waals surface area contributed by atoms with E-state index in [4.69, 9.17) is 14.2 Å². The second-order valence-corrected chi connectivity index (χ2v) is 7.40. The summed E-state index contributed by atoms with van der Waals surface area (Å²) in [6, 6.07) is 14.7. The predicted octanol–water partition coefficient (Wildman–Crippen LogP) is 2.79. The molecular weight excluding hydrogens is 406 g/mol. The lowest BCUT2D eigenvalue weighted by Gasteiger charge is -2.21. The summed E-state index contributed by atoms with van der Waals surface area (Å²) in [6.07, 6.45) is 0. The number of hydrogen-bond acceptors (Lipinski definition) is 7. The summed E-state index contributed by atoms with van der Waals surface area (Å²) in [5, 5.41) is 0. The van der Waals surface area contributed by atoms with E-state index in [0.717, 1.165) is 4.90 Å². The average molecular weight is 427 g/mol. The molecule has 0 N–H and O–H groups in total. The summed E-state index contributed by atoms with van der Waals surface area (Å²) in [5.74, 6) is -1.05. The van der Waals surface area contributed by atoms with Crippen molar-refractivity contribution in [3.63, 3.8) is 0 Å². The highest BCUT2D eigenvalue weighted by atomic mass is 32.2. The largest absolute Gasteiger partial charge is 0.493 e. The maximum Gasteiger partial charge on any atom is 0.344 e. The summed E-state index contributed by atoms with van der Waals surface area (Å²) < 4.78 is 15.3. The fourth-order valence-corrected chi connectivity index (χ4v) is 3.99. The molecule has 0 aromatic heterocycles. The van der Waals surface area contributed by atoms with Crippen molar-refractivity contribution >= 4 is 35.1 Å². The highest BCUT2D eigenvalue weighted by Crippen LogP contribution is 2.36. The summed E-state index contributed by atoms with van der Waals surface area (Å²) in [6.45, 7) is 0.244. The fraction of sp³-hybridized carbons (Fsp3) is 0.227. The van der Waals surface area contributed by atoms with Crippen LogP contribution in [0, 0.1) is 0 Å². The zero-order valence-electron chi connectivity index (χ0n) is 16.8. The van der Waals surface area contributed by atoms with Crippen LogP contribution in [0.15, 0.2) is 59.0 Å². The van der Waals surface area contributed by atoms with Crippen LogP contribution in [-0.2, 0) is 19.1 Å². The predicted molar refractivity (Wildman–Crippen MR) is 112 cm³/mol. The summed E-state index contributed by atoms with van der Waals surface area (Å²) in [7, 11) is 4.16. The lowest BCUT2D eigenvalue weighted by Crippen LogP contribution is -2.30. The van der Waals surface area contributed by atoms with Crippen LogP contribution in [0.4, 0.5) is 0 Å². The molecule has 1 aliphatic heterocycles. The summed E-state index contributed by atoms with van der Waals surface area (Å²) in [4.78, 5) is 40.0. The van der Waals surface area contributed by atoms with Crippen molar-refractivity contribution in [2.45, 2.75) is 4.90 Å². The van der Waals surface area contributed by atoms with Gasteiger partial charge < -0.3 is 19.1 Å². The van der Waals surface area contributed by atoms with E-state index in [9.17, 15) is 14.4 Å². The number of amides is 1. The minimum Gasteiger partial charge on any atom is -0.493 e. The summed E-state index contributed by atoms with van der Waals surface area (Å²) >= 11 is 1.55. The smallest absolute Gasteiger partial charge is 0.344 e. The number of Topliss-reactive ketones (excluding diaryl/α,β-unsaturated/α-hetero) is 1. The van der Waals surface area contributed by atoms with E-state index in [2.05, 4.69) is 0 Å². The van der Waals surface area contributed by atoms with Crippen molar-refractivity contribution in [2.24, 2.45) is 0 Å². The third-order valence-corrected chi connectivity index (χ3v) is 5.54. The van der Waals surface area contributed by atoms with Gasteiger partial charge in [0.25, 0.3) is 11.7 Å². The number of carbonyl (C=O) groups excluding carboxylic acids is 3. The molecule has 0 unspecified atom stereocenters. The molecule has 0 bridgehead atoms. The Labute approximate surface area is 178 Å². The molecule has 2 aromatic carbocycles. The van der Waals surface area contributed by atoms with E-state index in [1.807, 2.05) is 30.3 Å². The molecule has 0 aliphatic carbocycles. The molecule has 3 rings (SSSR count). The lowest BCUT2D eigenvalue weighted by atomic mass is 10.1. The normalized spacial score (nSPS) is 13.6. The van der Waals surface area contributed by atoms with Gasteiger partial charge in [-0.1, -0.05) is 18.2 Å². The quantitative estimate of drug-likeness (QED) is 0.277. The number of thioether (sulfide) groups is 1. The van der Waals surface area contributed by atoms with E-state index in [-0.39, 0.29) is 17.8 Å². The fourth-order valence-electron chi connectivity index (χ4n) is 3.13. The van der Waals surface area contributed by atoms with Crippen LogP contribution in [-0.4, -0.2) is 56.2 Å². The molecular formula is C22H21NO6S. The Morgan fingerprint density at radius 3 is 2.30 bits per heavy atom. The van der Waals surface area contributed by atoms with Gasteiger partial charge in [0.2, 0.25) is 0 Å². The molecule has 1 amide bonds. The highest BCUT2D eigenvalue weighted by Gasteiger charge is 2.43. The molecule has 0 fully saturated rings. The molecule has 7 nitrogen and oxygen atoms in total. The molecule has 0 spiro atoms. The van der Waals surface area contributed by atoms with Gasteiger partial charge >= 0.3 is 5.97 Å². The van der Waals surface area contributed by atoms with Crippen LogP contribution in [0.5, 0.6) is 11.5 Å². The van der Waals surface area contributed by atoms with Crippen LogP contribution in [0.25, 0.3) is 5.70 Å². The van der Waals surface area contributed by atoms with Gasteiger partial charge in [0.1, 0.15) is 5.57 Å². The lowest BCUT2D eigenvalue weighted by molar-refractivity contribution is -0.142. The van der Waals surface area contributed by atoms with E-state index in [0.29, 0.717) is 22.8 Å². The monoisotopic (exact) mass is 427 g/mol. The zero-order chi connectivity index (χ0) is 21.7. The Bertz CT molecular complexity index is 1000. The molecule has 30 heavy (non-hydrogen) atoms. The van der Waals surface area contributed by atoms with Gasteiger partial charge in [-0.3, -0.25) is 9.59 Å². The van der Waals surface area contributed by atoms with Gasteiger partial charge in [0.05, 0.1) is 27.0 Å². The van der Waals surface area contributed by atoms with Gasteiger partial charge in [-0.15, -0.1) is 11.8 Å². The minimum absolute atomic E-state index is 0.214. The number of ketones is 1. The van der Waals surface area contributed by atoms with Gasteiger partial charge in [-0.2, -0.15) is 0 Å². The van der Waals surface area contributed by atoms with Crippen molar-refractivity contribution in [1.29, 1.82) is 0 Å². The SMILES string of the molecule is COC(=O)C1=C(c2ccc(OC)c(OC)c2)N(CCSc2ccccc2)C(=O)C1=O. The van der Waals surface area contributed by atoms with Crippen molar-refractivity contribution in [3.8, 4) is 11.5 Å². The topological polar surface area (TPSA) is 82.1 Å². The molecule has 0 atom stereocenters. The number of nitrogens with zero attached hydrogens (tertiary/aromatic N) is 1. The molecule has 2 aromatic rings. The number of carbonyl (C=O) groups is 3. The standard InChI is InChI=1S/C22H21NO6S/c1-27-16-10-9-14(13-17(16)28-2)19-18(22(26)29-3)20(24)21(25)23(19)11-12-30-15-7-5-4-6-8-15/h4-10,13H,11-12H2,1-3H3. The molecule has 156 valence electrons. The van der Waals surface area contributed by atoms with Crippen LogP contribution >= 0.6 is 11.8 Å². The first-order valence-electron chi connectivity index (χ1n) is 9.10. The molecule has 8 heteroatoms. The third kappa shape index (κ3) is 4.18. The van der Waals surface area contributed by atoms with Crippen LogP contribution in [0.1, 0.15) is 5.56 Å². The van der Waals surface area contributed by atoms with E-state index in [1.54, 1.807) is 30.0 Å². The number of hydrogen-bond donors (Lipinski definition) is 0. The third-order valence-electron chi connectivity index (χ3n) is 4.55. The molecule has 0 saturated heterocycles.